The minimum Gasteiger partial charge on any atom is -0.287 e. The number of aromatic nitrogens is 1. The summed E-state index contributed by atoms with van der Waals surface area (Å²) in [5.74, 6) is -1.79. The van der Waals surface area contributed by atoms with Gasteiger partial charge in [0.2, 0.25) is 11.6 Å². The van der Waals surface area contributed by atoms with Gasteiger partial charge in [0.15, 0.2) is 11.4 Å². The van der Waals surface area contributed by atoms with Gasteiger partial charge in [0.1, 0.15) is 57.6 Å². The van der Waals surface area contributed by atoms with Gasteiger partial charge in [-0.2, -0.15) is 31.6 Å². The number of hydrogen-bond acceptors (Lipinski definition) is 9. The Balaban J connectivity index is 0.000000280. The molecule has 0 saturated carbocycles. The van der Waals surface area contributed by atoms with Gasteiger partial charge in [0.25, 0.3) is 0 Å². The first kappa shape index (κ1) is 21.5. The molecule has 0 aliphatic heterocycles. The molecule has 130 valence electrons. The predicted molar refractivity (Wildman–Crippen MR) is 90.1 cm³/mol. The van der Waals surface area contributed by atoms with Crippen LogP contribution in [0.1, 0.15) is 22.5 Å². The van der Waals surface area contributed by atoms with Crippen molar-refractivity contribution < 1.29 is 9.59 Å². The van der Waals surface area contributed by atoms with Crippen molar-refractivity contribution in [1.29, 1.82) is 31.6 Å². The molecule has 28 heavy (non-hydrogen) atoms. The zero-order valence-corrected chi connectivity index (χ0v) is 14.8. The second kappa shape index (κ2) is 9.26. The molecule has 0 N–H and O–H groups in total. The van der Waals surface area contributed by atoms with Gasteiger partial charge in [-0.3, -0.25) is 9.59 Å². The molecule has 0 radical (unpaired) electrons. The minimum absolute atomic E-state index is 0.00282. The van der Waals surface area contributed by atoms with Crippen molar-refractivity contribution in [3.8, 4) is 36.4 Å². The summed E-state index contributed by atoms with van der Waals surface area (Å²) < 4.78 is 0. The van der Waals surface area contributed by atoms with E-state index in [0.717, 1.165) is 0 Å². The highest BCUT2D eigenvalue weighted by Crippen LogP contribution is 2.28. The molecule has 11 heteroatoms. The first-order chi connectivity index (χ1) is 13.3. The normalized spacial score (nSPS) is 12.3. The maximum Gasteiger partial charge on any atom is 0.218 e. The summed E-state index contributed by atoms with van der Waals surface area (Å²) in [7, 11) is 0. The molecule has 9 nitrogen and oxygen atoms in total. The number of pyridine rings is 1. The molecule has 1 aromatic heterocycles. The third-order valence-corrected chi connectivity index (χ3v) is 3.81. The van der Waals surface area contributed by atoms with Crippen molar-refractivity contribution in [1.82, 2.24) is 4.98 Å². The fourth-order valence-corrected chi connectivity index (χ4v) is 2.07. The summed E-state index contributed by atoms with van der Waals surface area (Å²) in [6.45, 7) is 0. The second-order valence-electron chi connectivity index (χ2n) is 4.49. The van der Waals surface area contributed by atoms with E-state index in [9.17, 15) is 9.59 Å². The van der Waals surface area contributed by atoms with Crippen LogP contribution in [0, 0.1) is 68.0 Å². The van der Waals surface area contributed by atoms with Crippen molar-refractivity contribution >= 4 is 34.8 Å². The maximum absolute atomic E-state index is 11.2. The average molecular weight is 406 g/mol. The first-order valence-corrected chi connectivity index (χ1v) is 7.41. The Kier molecular flexibility index (Phi) is 7.12. The van der Waals surface area contributed by atoms with E-state index >= 15 is 0 Å². The summed E-state index contributed by atoms with van der Waals surface area (Å²) in [5.41, 5.74) is -1.39. The van der Waals surface area contributed by atoms with E-state index in [1.165, 1.54) is 18.2 Å². The topological polar surface area (TPSA) is 190 Å². The van der Waals surface area contributed by atoms with Crippen LogP contribution in [-0.2, 0) is 9.59 Å². The quantitative estimate of drug-likeness (QED) is 0.577. The van der Waals surface area contributed by atoms with Crippen molar-refractivity contribution in [3.63, 3.8) is 0 Å². The van der Waals surface area contributed by atoms with Crippen molar-refractivity contribution in [2.45, 2.75) is 0 Å². The van der Waals surface area contributed by atoms with Crippen molar-refractivity contribution in [3.05, 3.63) is 49.8 Å². The SMILES string of the molecule is N#CC1=C(C#N)C(=O)C(Cl)=C(Cl)C1=O.N#Cc1cc(C#N)c(C#N)nc1C#N. The zero-order valence-electron chi connectivity index (χ0n) is 13.3. The second-order valence-corrected chi connectivity index (χ2v) is 5.24. The predicted octanol–water partition coefficient (Wildman–Crippen LogP) is 1.74. The van der Waals surface area contributed by atoms with Crippen LogP contribution in [0.4, 0.5) is 0 Å². The van der Waals surface area contributed by atoms with Gasteiger partial charge in [0, 0.05) is 0 Å². The van der Waals surface area contributed by atoms with Crippen LogP contribution in [0.3, 0.4) is 0 Å². The molecule has 2 rings (SSSR count). The molecular formula is C17HCl2N7O2. The monoisotopic (exact) mass is 405 g/mol. The molecule has 0 fully saturated rings. The van der Waals surface area contributed by atoms with E-state index < -0.39 is 32.8 Å². The minimum atomic E-state index is -0.893. The van der Waals surface area contributed by atoms with Crippen molar-refractivity contribution in [2.75, 3.05) is 0 Å². The molecule has 1 heterocycles. The lowest BCUT2D eigenvalue weighted by Gasteiger charge is -2.08. The standard InChI is InChI=1S/C9HN5.C8Cl2N2O2/c10-2-6-1-7(3-11)9(5-13)14-8(6)4-12;9-5-6(10)8(14)4(2-12)3(1-11)7(5)13/h1H;. The van der Waals surface area contributed by atoms with Gasteiger partial charge in [-0.25, -0.2) is 4.98 Å². The lowest BCUT2D eigenvalue weighted by Crippen LogP contribution is -2.18. The van der Waals surface area contributed by atoms with Crippen molar-refractivity contribution in [2.24, 2.45) is 0 Å². The van der Waals surface area contributed by atoms with Crippen LogP contribution >= 0.6 is 23.2 Å². The van der Waals surface area contributed by atoms with Gasteiger partial charge in [-0.15, -0.1) is 0 Å². The summed E-state index contributed by atoms with van der Waals surface area (Å²) >= 11 is 10.8. The number of hydrogen-bond donors (Lipinski definition) is 0. The maximum atomic E-state index is 11.2. The van der Waals surface area contributed by atoms with Gasteiger partial charge in [-0.1, -0.05) is 23.2 Å². The Hall–Kier alpha value is -4.51. The van der Waals surface area contributed by atoms with Gasteiger partial charge in [-0.05, 0) is 6.07 Å². The lowest BCUT2D eigenvalue weighted by molar-refractivity contribution is -0.115. The van der Waals surface area contributed by atoms with Crippen LogP contribution in [0.2, 0.25) is 0 Å². The molecule has 0 spiro atoms. The van der Waals surface area contributed by atoms with Gasteiger partial charge >= 0.3 is 0 Å². The van der Waals surface area contributed by atoms with Gasteiger partial charge < -0.3 is 0 Å². The molecule has 0 saturated heterocycles. The van der Waals surface area contributed by atoms with E-state index in [1.807, 2.05) is 0 Å². The highest BCUT2D eigenvalue weighted by molar-refractivity contribution is 6.59. The van der Waals surface area contributed by atoms with E-state index in [4.69, 9.17) is 54.8 Å². The van der Waals surface area contributed by atoms with Crippen LogP contribution in [0.25, 0.3) is 0 Å². The first-order valence-electron chi connectivity index (χ1n) is 6.65. The summed E-state index contributed by atoms with van der Waals surface area (Å²) in [6.07, 6.45) is 0. The summed E-state index contributed by atoms with van der Waals surface area (Å²) in [4.78, 5) is 26.0. The summed E-state index contributed by atoms with van der Waals surface area (Å²) in [6, 6.07) is 10.9. The van der Waals surface area contributed by atoms with Crippen LogP contribution < -0.4 is 0 Å². The fraction of sp³-hybridized carbons (Fsp3) is 0. The molecule has 0 atom stereocenters. The highest BCUT2D eigenvalue weighted by atomic mass is 35.5. The lowest BCUT2D eigenvalue weighted by atomic mass is 9.96. The molecule has 0 unspecified atom stereocenters. The number of Topliss-reactive ketones (excluding diaryl/α,β-unsaturated/α-hetero) is 2. The Morgan fingerprint density at radius 3 is 1.25 bits per heavy atom. The number of halogens is 2. The molecule has 0 bridgehead atoms. The summed E-state index contributed by atoms with van der Waals surface area (Å²) in [5, 5.41) is 50.4. The number of ketones is 2. The van der Waals surface area contributed by atoms with E-state index in [1.54, 1.807) is 24.3 Å². The molecule has 1 aromatic rings. The number of nitrogens with zero attached hydrogens (tertiary/aromatic N) is 7. The molecule has 0 aromatic carbocycles. The highest BCUT2D eigenvalue weighted by Gasteiger charge is 2.33. The van der Waals surface area contributed by atoms with Gasteiger partial charge in [0.05, 0.1) is 11.1 Å². The molecule has 1 aliphatic rings. The number of allylic oxidation sites excluding steroid dienone is 4. The smallest absolute Gasteiger partial charge is 0.218 e. The van der Waals surface area contributed by atoms with Crippen LogP contribution in [0.15, 0.2) is 27.3 Å². The number of carbonyl (C=O) groups excluding carboxylic acids is 2. The van der Waals surface area contributed by atoms with Crippen LogP contribution in [0.5, 0.6) is 0 Å². The third kappa shape index (κ3) is 4.00. The zero-order chi connectivity index (χ0) is 21.4. The molecular weight excluding hydrogens is 405 g/mol. The Labute approximate surface area is 167 Å². The third-order valence-electron chi connectivity index (χ3n) is 2.99. The fourth-order valence-electron chi connectivity index (χ4n) is 1.71. The Morgan fingerprint density at radius 1 is 0.643 bits per heavy atom. The molecule has 1 aliphatic carbocycles. The van der Waals surface area contributed by atoms with E-state index in [-0.39, 0.29) is 22.5 Å². The molecule has 0 amide bonds. The van der Waals surface area contributed by atoms with Crippen LogP contribution in [-0.4, -0.2) is 16.6 Å². The average Bonchev–Trinajstić information content (AvgIpc) is 2.73. The largest absolute Gasteiger partial charge is 0.287 e. The number of carbonyl (C=O) groups is 2. The number of rotatable bonds is 0. The number of nitriles is 6. The Bertz CT molecular complexity index is 1090. The van der Waals surface area contributed by atoms with E-state index in [2.05, 4.69) is 4.98 Å². The Morgan fingerprint density at radius 2 is 1.00 bits per heavy atom. The van der Waals surface area contributed by atoms with E-state index in [0.29, 0.717) is 0 Å².